The van der Waals surface area contributed by atoms with Crippen LogP contribution in [-0.2, 0) is 11.2 Å². The van der Waals surface area contributed by atoms with Crippen LogP contribution in [0.2, 0.25) is 0 Å². The number of benzene rings is 1. The Hall–Kier alpha value is -1.31. The molecule has 0 aliphatic carbocycles. The molecule has 0 unspecified atom stereocenters. The normalized spacial score (nSPS) is 19.2. The van der Waals surface area contributed by atoms with E-state index in [-0.39, 0.29) is 5.54 Å². The summed E-state index contributed by atoms with van der Waals surface area (Å²) in [5.74, 6) is 0.346. The number of para-hydroxylation sites is 1. The second-order valence-corrected chi connectivity index (χ2v) is 4.87. The van der Waals surface area contributed by atoms with E-state index in [1.165, 1.54) is 11.3 Å². The summed E-state index contributed by atoms with van der Waals surface area (Å²) in [6.07, 6.45) is 1.68. The predicted molar refractivity (Wildman–Crippen MR) is 66.9 cm³/mol. The highest BCUT2D eigenvalue weighted by Crippen LogP contribution is 2.33. The summed E-state index contributed by atoms with van der Waals surface area (Å²) >= 11 is 0. The Kier molecular flexibility index (Phi) is 2.75. The van der Waals surface area contributed by atoms with Crippen molar-refractivity contribution in [1.82, 2.24) is 0 Å². The molecule has 1 aliphatic rings. The molecule has 0 atom stereocenters. The third kappa shape index (κ3) is 1.62. The molecule has 0 saturated carbocycles. The van der Waals surface area contributed by atoms with Crippen LogP contribution < -0.4 is 4.90 Å². The number of hydrogen-bond donors (Lipinski definition) is 0. The summed E-state index contributed by atoms with van der Waals surface area (Å²) in [7, 11) is 0. The molecule has 0 spiro atoms. The largest absolute Gasteiger partial charge is 0.359 e. The number of carbonyl (C=O) groups is 1. The van der Waals surface area contributed by atoms with Crippen molar-refractivity contribution in [2.24, 2.45) is 0 Å². The molecule has 2 nitrogen and oxygen atoms in total. The predicted octanol–water partition coefficient (Wildman–Crippen LogP) is 2.81. The fourth-order valence-corrected chi connectivity index (χ4v) is 2.44. The zero-order chi connectivity index (χ0) is 11.8. The van der Waals surface area contributed by atoms with Gasteiger partial charge >= 0.3 is 0 Å². The molecular formula is C14H19NO. The van der Waals surface area contributed by atoms with Crippen LogP contribution in [0, 0.1) is 0 Å². The van der Waals surface area contributed by atoms with E-state index in [1.54, 1.807) is 0 Å². The van der Waals surface area contributed by atoms with E-state index in [0.29, 0.717) is 12.2 Å². The Labute approximate surface area is 97.3 Å². The van der Waals surface area contributed by atoms with Gasteiger partial charge in [0.25, 0.3) is 0 Å². The molecule has 1 aromatic rings. The minimum atomic E-state index is -0.342. The molecule has 1 aliphatic heterocycles. The van der Waals surface area contributed by atoms with Crippen molar-refractivity contribution in [2.75, 3.05) is 11.4 Å². The van der Waals surface area contributed by atoms with Gasteiger partial charge in [-0.05, 0) is 31.9 Å². The van der Waals surface area contributed by atoms with Crippen LogP contribution in [0.5, 0.6) is 0 Å². The second kappa shape index (κ2) is 3.93. The number of hydrogen-bond acceptors (Lipinski definition) is 2. The van der Waals surface area contributed by atoms with E-state index in [2.05, 4.69) is 30.0 Å². The second-order valence-electron chi connectivity index (χ2n) is 4.87. The molecule has 2 heteroatoms. The van der Waals surface area contributed by atoms with Gasteiger partial charge in [0.05, 0.1) is 5.54 Å². The minimum absolute atomic E-state index is 0.342. The van der Waals surface area contributed by atoms with E-state index in [4.69, 9.17) is 0 Å². The summed E-state index contributed by atoms with van der Waals surface area (Å²) in [5, 5.41) is 0. The number of nitrogens with zero attached hydrogens (tertiary/aromatic N) is 1. The van der Waals surface area contributed by atoms with Crippen molar-refractivity contribution < 1.29 is 4.79 Å². The van der Waals surface area contributed by atoms with Gasteiger partial charge in [-0.2, -0.15) is 0 Å². The first-order valence-corrected chi connectivity index (χ1v) is 5.96. The number of ketones is 1. The lowest BCUT2D eigenvalue weighted by molar-refractivity contribution is -0.120. The molecule has 1 fully saturated rings. The van der Waals surface area contributed by atoms with Crippen LogP contribution >= 0.6 is 0 Å². The van der Waals surface area contributed by atoms with Gasteiger partial charge in [-0.15, -0.1) is 0 Å². The molecule has 16 heavy (non-hydrogen) atoms. The molecule has 1 saturated heterocycles. The Morgan fingerprint density at radius 3 is 2.56 bits per heavy atom. The van der Waals surface area contributed by atoms with Gasteiger partial charge in [-0.1, -0.05) is 25.1 Å². The van der Waals surface area contributed by atoms with E-state index < -0.39 is 0 Å². The molecule has 86 valence electrons. The van der Waals surface area contributed by atoms with Gasteiger partial charge in [0, 0.05) is 18.7 Å². The summed E-state index contributed by atoms with van der Waals surface area (Å²) in [4.78, 5) is 14.1. The molecule has 0 N–H and O–H groups in total. The summed E-state index contributed by atoms with van der Waals surface area (Å²) in [6, 6.07) is 8.38. The number of Topliss-reactive ketones (excluding diaryl/α,β-unsaturated/α-hetero) is 1. The highest BCUT2D eigenvalue weighted by atomic mass is 16.1. The molecule has 0 amide bonds. The molecule has 0 radical (unpaired) electrons. The zero-order valence-electron chi connectivity index (χ0n) is 10.3. The maximum Gasteiger partial charge on any atom is 0.159 e. The van der Waals surface area contributed by atoms with Gasteiger partial charge < -0.3 is 4.90 Å². The summed E-state index contributed by atoms with van der Waals surface area (Å²) < 4.78 is 0. The first kappa shape index (κ1) is 11.2. The van der Waals surface area contributed by atoms with Crippen molar-refractivity contribution in [3.05, 3.63) is 29.8 Å². The lowest BCUT2D eigenvalue weighted by atomic mass is 9.99. The van der Waals surface area contributed by atoms with Crippen molar-refractivity contribution >= 4 is 11.5 Å². The van der Waals surface area contributed by atoms with Crippen LogP contribution in [0.1, 0.15) is 32.8 Å². The van der Waals surface area contributed by atoms with Crippen LogP contribution in [0.4, 0.5) is 5.69 Å². The SMILES string of the molecule is CCc1ccccc1N1CCC(=O)C1(C)C. The monoisotopic (exact) mass is 217 g/mol. The highest BCUT2D eigenvalue weighted by Gasteiger charge is 2.40. The fraction of sp³-hybridized carbons (Fsp3) is 0.500. The molecule has 0 bridgehead atoms. The van der Waals surface area contributed by atoms with Crippen molar-refractivity contribution in [3.63, 3.8) is 0 Å². The van der Waals surface area contributed by atoms with E-state index in [1.807, 2.05) is 19.9 Å². The number of aryl methyl sites for hydroxylation is 1. The molecular weight excluding hydrogens is 198 g/mol. The Morgan fingerprint density at radius 1 is 1.31 bits per heavy atom. The third-order valence-corrected chi connectivity index (χ3v) is 3.58. The van der Waals surface area contributed by atoms with Crippen LogP contribution in [0.3, 0.4) is 0 Å². The van der Waals surface area contributed by atoms with Crippen LogP contribution in [-0.4, -0.2) is 17.9 Å². The van der Waals surface area contributed by atoms with Gasteiger partial charge in [0.1, 0.15) is 0 Å². The first-order chi connectivity index (χ1) is 7.57. The molecule has 2 rings (SSSR count). The summed E-state index contributed by atoms with van der Waals surface area (Å²) in [5.41, 5.74) is 2.21. The first-order valence-electron chi connectivity index (χ1n) is 5.96. The number of carbonyl (C=O) groups excluding carboxylic acids is 1. The highest BCUT2D eigenvalue weighted by molar-refractivity contribution is 5.94. The van der Waals surface area contributed by atoms with E-state index in [0.717, 1.165) is 13.0 Å². The maximum atomic E-state index is 11.8. The standard InChI is InChI=1S/C14H19NO/c1-4-11-7-5-6-8-12(11)15-10-9-13(16)14(15,2)3/h5-8H,4,9-10H2,1-3H3. The number of anilines is 1. The van der Waals surface area contributed by atoms with Gasteiger partial charge in [0.2, 0.25) is 0 Å². The lowest BCUT2D eigenvalue weighted by Crippen LogP contribution is -2.43. The van der Waals surface area contributed by atoms with Crippen LogP contribution in [0.15, 0.2) is 24.3 Å². The lowest BCUT2D eigenvalue weighted by Gasteiger charge is -2.33. The smallest absolute Gasteiger partial charge is 0.159 e. The fourth-order valence-electron chi connectivity index (χ4n) is 2.44. The summed E-state index contributed by atoms with van der Waals surface area (Å²) in [6.45, 7) is 7.05. The zero-order valence-corrected chi connectivity index (χ0v) is 10.3. The van der Waals surface area contributed by atoms with Gasteiger partial charge in [0.15, 0.2) is 5.78 Å². The molecule has 1 heterocycles. The number of rotatable bonds is 2. The van der Waals surface area contributed by atoms with Crippen molar-refractivity contribution in [2.45, 2.75) is 39.2 Å². The maximum absolute atomic E-state index is 11.8. The van der Waals surface area contributed by atoms with Gasteiger partial charge in [-0.3, -0.25) is 4.79 Å². The van der Waals surface area contributed by atoms with Crippen LogP contribution in [0.25, 0.3) is 0 Å². The van der Waals surface area contributed by atoms with Crippen molar-refractivity contribution in [3.8, 4) is 0 Å². The van der Waals surface area contributed by atoms with Gasteiger partial charge in [-0.25, -0.2) is 0 Å². The average molecular weight is 217 g/mol. The molecule has 1 aromatic carbocycles. The topological polar surface area (TPSA) is 20.3 Å². The van der Waals surface area contributed by atoms with Crippen molar-refractivity contribution in [1.29, 1.82) is 0 Å². The Balaban J connectivity index is 2.42. The quantitative estimate of drug-likeness (QED) is 0.759. The third-order valence-electron chi connectivity index (χ3n) is 3.58. The minimum Gasteiger partial charge on any atom is -0.359 e. The van der Waals surface area contributed by atoms with E-state index >= 15 is 0 Å². The Bertz CT molecular complexity index is 409. The average Bonchev–Trinajstić information content (AvgIpc) is 2.54. The molecule has 0 aromatic heterocycles. The van der Waals surface area contributed by atoms with E-state index in [9.17, 15) is 4.79 Å². The Morgan fingerprint density at radius 2 is 2.00 bits per heavy atom.